The molecule has 0 aliphatic carbocycles. The predicted molar refractivity (Wildman–Crippen MR) is 115 cm³/mol. The number of benzene rings is 2. The largest absolute Gasteiger partial charge is 0.312 e. The van der Waals surface area contributed by atoms with Gasteiger partial charge >= 0.3 is 0 Å². The number of hydrogen-bond acceptors (Lipinski definition) is 3. The first-order chi connectivity index (χ1) is 13.9. The quantitative estimate of drug-likeness (QED) is 0.753. The summed E-state index contributed by atoms with van der Waals surface area (Å²) in [6.45, 7) is 4.06. The van der Waals surface area contributed by atoms with E-state index in [1.165, 1.54) is 11.1 Å². The number of hydrogen-bond donors (Lipinski definition) is 0. The summed E-state index contributed by atoms with van der Waals surface area (Å²) < 4.78 is 26.8. The number of carbonyl (C=O) groups excluding carboxylic acids is 1. The molecule has 0 N–H and O–H groups in total. The summed E-state index contributed by atoms with van der Waals surface area (Å²) in [5.41, 5.74) is 4.50. The fourth-order valence-corrected chi connectivity index (χ4v) is 5.79. The Morgan fingerprint density at radius 1 is 0.966 bits per heavy atom. The first-order valence-electron chi connectivity index (χ1n) is 10.4. The van der Waals surface area contributed by atoms with E-state index in [9.17, 15) is 13.2 Å². The third-order valence-electron chi connectivity index (χ3n) is 5.91. The predicted octanol–water partition coefficient (Wildman–Crippen LogP) is 3.69. The molecule has 1 amide bonds. The maximum absolute atomic E-state index is 12.8. The molecule has 0 aromatic heterocycles. The van der Waals surface area contributed by atoms with Gasteiger partial charge in [-0.1, -0.05) is 29.8 Å². The van der Waals surface area contributed by atoms with Crippen LogP contribution in [0.15, 0.2) is 47.4 Å². The van der Waals surface area contributed by atoms with Crippen molar-refractivity contribution < 1.29 is 13.2 Å². The number of sulfonamides is 1. The first-order valence-corrected chi connectivity index (χ1v) is 11.9. The Morgan fingerprint density at radius 2 is 1.69 bits per heavy atom. The summed E-state index contributed by atoms with van der Waals surface area (Å²) in [7, 11) is -3.38. The van der Waals surface area contributed by atoms with Gasteiger partial charge in [-0.2, -0.15) is 4.31 Å². The SMILES string of the molecule is Cc1ccc2c(c1)CCCN2C(=O)CCc1ccc(S(=O)(=O)N2CCCC2)cc1. The third-order valence-corrected chi connectivity index (χ3v) is 7.82. The minimum absolute atomic E-state index is 0.128. The molecule has 2 aromatic carbocycles. The van der Waals surface area contributed by atoms with Crippen LogP contribution in [0, 0.1) is 6.92 Å². The molecule has 1 saturated heterocycles. The summed E-state index contributed by atoms with van der Waals surface area (Å²) in [6, 6.07) is 13.3. The molecule has 6 heteroatoms. The summed E-state index contributed by atoms with van der Waals surface area (Å²) in [4.78, 5) is 15.1. The van der Waals surface area contributed by atoms with Crippen LogP contribution in [0.25, 0.3) is 0 Å². The van der Waals surface area contributed by atoms with Crippen molar-refractivity contribution in [3.63, 3.8) is 0 Å². The molecule has 29 heavy (non-hydrogen) atoms. The lowest BCUT2D eigenvalue weighted by Gasteiger charge is -2.30. The van der Waals surface area contributed by atoms with Gasteiger partial charge < -0.3 is 4.90 Å². The van der Waals surface area contributed by atoms with Crippen molar-refractivity contribution in [2.75, 3.05) is 24.5 Å². The highest BCUT2D eigenvalue weighted by Crippen LogP contribution is 2.29. The van der Waals surface area contributed by atoms with Crippen molar-refractivity contribution in [1.29, 1.82) is 0 Å². The maximum Gasteiger partial charge on any atom is 0.243 e. The van der Waals surface area contributed by atoms with E-state index in [-0.39, 0.29) is 5.91 Å². The van der Waals surface area contributed by atoms with Crippen LogP contribution in [0.5, 0.6) is 0 Å². The molecular weight excluding hydrogens is 384 g/mol. The second kappa shape index (κ2) is 8.28. The van der Waals surface area contributed by atoms with Crippen LogP contribution in [-0.2, 0) is 27.7 Å². The number of rotatable bonds is 5. The lowest BCUT2D eigenvalue weighted by molar-refractivity contribution is -0.118. The monoisotopic (exact) mass is 412 g/mol. The van der Waals surface area contributed by atoms with E-state index < -0.39 is 10.0 Å². The van der Waals surface area contributed by atoms with Gasteiger partial charge in [0.25, 0.3) is 0 Å². The number of fused-ring (bicyclic) bond motifs is 1. The van der Waals surface area contributed by atoms with Gasteiger partial charge in [0.2, 0.25) is 15.9 Å². The standard InChI is InChI=1S/C23H28N2O3S/c1-18-6-12-22-20(17-18)5-4-16-25(22)23(26)13-9-19-7-10-21(11-8-19)29(27,28)24-14-2-3-15-24/h6-8,10-12,17H,2-5,9,13-16H2,1H3. The summed E-state index contributed by atoms with van der Waals surface area (Å²) in [5.74, 6) is 0.128. The Hall–Kier alpha value is -2.18. The van der Waals surface area contributed by atoms with Crippen molar-refractivity contribution in [2.45, 2.75) is 50.3 Å². The first kappa shape index (κ1) is 20.1. The zero-order valence-electron chi connectivity index (χ0n) is 16.9. The fourth-order valence-electron chi connectivity index (χ4n) is 4.28. The molecular formula is C23H28N2O3S. The molecule has 2 aromatic rings. The topological polar surface area (TPSA) is 57.7 Å². The molecule has 0 unspecified atom stereocenters. The minimum Gasteiger partial charge on any atom is -0.312 e. The van der Waals surface area contributed by atoms with Gasteiger partial charge in [-0.3, -0.25) is 4.79 Å². The number of aryl methyl sites for hydroxylation is 3. The van der Waals surface area contributed by atoms with E-state index in [1.54, 1.807) is 16.4 Å². The number of amides is 1. The highest BCUT2D eigenvalue weighted by Gasteiger charge is 2.27. The van der Waals surface area contributed by atoms with E-state index in [1.807, 2.05) is 17.0 Å². The summed E-state index contributed by atoms with van der Waals surface area (Å²) in [6.07, 6.45) is 4.91. The molecule has 0 radical (unpaired) electrons. The lowest BCUT2D eigenvalue weighted by atomic mass is 9.99. The summed E-state index contributed by atoms with van der Waals surface area (Å²) >= 11 is 0. The average Bonchev–Trinajstić information content (AvgIpc) is 3.27. The van der Waals surface area contributed by atoms with Gasteiger partial charge in [0.05, 0.1) is 4.90 Å². The van der Waals surface area contributed by atoms with Gasteiger partial charge in [0, 0.05) is 31.7 Å². The number of anilines is 1. The van der Waals surface area contributed by atoms with Crippen molar-refractivity contribution in [3.8, 4) is 0 Å². The van der Waals surface area contributed by atoms with Gasteiger partial charge in [-0.15, -0.1) is 0 Å². The maximum atomic E-state index is 12.8. The molecule has 0 atom stereocenters. The molecule has 1 fully saturated rings. The summed E-state index contributed by atoms with van der Waals surface area (Å²) in [5, 5.41) is 0. The second-order valence-electron chi connectivity index (χ2n) is 8.04. The van der Waals surface area contributed by atoms with E-state index in [4.69, 9.17) is 0 Å². The van der Waals surface area contributed by atoms with E-state index in [0.29, 0.717) is 30.8 Å². The van der Waals surface area contributed by atoms with Gasteiger partial charge in [0.15, 0.2) is 0 Å². The third kappa shape index (κ3) is 4.23. The molecule has 2 heterocycles. The van der Waals surface area contributed by atoms with E-state index in [2.05, 4.69) is 25.1 Å². The van der Waals surface area contributed by atoms with E-state index in [0.717, 1.165) is 43.5 Å². The van der Waals surface area contributed by atoms with Crippen LogP contribution >= 0.6 is 0 Å². The Balaban J connectivity index is 1.40. The van der Waals surface area contributed by atoms with Gasteiger partial charge in [0.1, 0.15) is 0 Å². The smallest absolute Gasteiger partial charge is 0.243 e. The fraction of sp³-hybridized carbons (Fsp3) is 0.435. The van der Waals surface area contributed by atoms with E-state index >= 15 is 0 Å². The molecule has 4 rings (SSSR count). The van der Waals surface area contributed by atoms with Crippen molar-refractivity contribution >= 4 is 21.6 Å². The normalized spacial score (nSPS) is 17.3. The van der Waals surface area contributed by atoms with Crippen LogP contribution < -0.4 is 4.90 Å². The zero-order chi connectivity index (χ0) is 20.4. The van der Waals surface area contributed by atoms with Crippen molar-refractivity contribution in [2.24, 2.45) is 0 Å². The zero-order valence-corrected chi connectivity index (χ0v) is 17.7. The van der Waals surface area contributed by atoms with Crippen molar-refractivity contribution in [1.82, 2.24) is 4.31 Å². The van der Waals surface area contributed by atoms with Gasteiger partial charge in [-0.05, 0) is 68.4 Å². The second-order valence-corrected chi connectivity index (χ2v) is 9.97. The molecule has 2 aliphatic rings. The number of nitrogens with zero attached hydrogens (tertiary/aromatic N) is 2. The Morgan fingerprint density at radius 3 is 2.41 bits per heavy atom. The average molecular weight is 413 g/mol. The van der Waals surface area contributed by atoms with Crippen LogP contribution in [0.1, 0.15) is 42.4 Å². The molecule has 2 aliphatic heterocycles. The van der Waals surface area contributed by atoms with Crippen LogP contribution in [0.2, 0.25) is 0 Å². The lowest BCUT2D eigenvalue weighted by Crippen LogP contribution is -2.35. The Bertz CT molecular complexity index is 993. The minimum atomic E-state index is -3.38. The Labute approximate surface area is 173 Å². The number of carbonyl (C=O) groups is 1. The Kier molecular flexibility index (Phi) is 5.74. The van der Waals surface area contributed by atoms with Crippen LogP contribution in [0.3, 0.4) is 0 Å². The molecule has 0 saturated carbocycles. The van der Waals surface area contributed by atoms with Crippen LogP contribution in [-0.4, -0.2) is 38.3 Å². The molecule has 0 spiro atoms. The molecule has 5 nitrogen and oxygen atoms in total. The molecule has 154 valence electrons. The molecule has 0 bridgehead atoms. The van der Waals surface area contributed by atoms with Crippen molar-refractivity contribution in [3.05, 3.63) is 59.2 Å². The highest BCUT2D eigenvalue weighted by molar-refractivity contribution is 7.89. The van der Waals surface area contributed by atoms with Gasteiger partial charge in [-0.25, -0.2) is 8.42 Å². The highest BCUT2D eigenvalue weighted by atomic mass is 32.2. The van der Waals surface area contributed by atoms with Crippen LogP contribution in [0.4, 0.5) is 5.69 Å².